The molecule has 17 heteroatoms. The van der Waals surface area contributed by atoms with Gasteiger partial charge in [-0.1, -0.05) is 0 Å². The third kappa shape index (κ3) is 8.28. The summed E-state index contributed by atoms with van der Waals surface area (Å²) in [5, 5.41) is 0. The molecule has 0 heterocycles. The van der Waals surface area contributed by atoms with Gasteiger partial charge in [-0.05, 0) is 0 Å². The molecule has 0 aliphatic carbocycles. The molecule has 27 heavy (non-hydrogen) atoms. The minimum atomic E-state index is -5.85. The van der Waals surface area contributed by atoms with Crippen LogP contribution in [0.15, 0.2) is 0 Å². The van der Waals surface area contributed by atoms with Crippen molar-refractivity contribution in [1.82, 2.24) is 0 Å². The zero-order valence-electron chi connectivity index (χ0n) is 11.9. The number of carbonyl (C=O) groups excluding carboxylic acids is 4. The molecule has 0 N–H and O–H groups in total. The van der Waals surface area contributed by atoms with Crippen LogP contribution in [0.4, 0.5) is 52.7 Å². The Morgan fingerprint density at radius 3 is 0.815 bits per heavy atom. The van der Waals surface area contributed by atoms with Gasteiger partial charge in [-0.3, -0.25) is 19.2 Å². The molecule has 4 nitrogen and oxygen atoms in total. The molecule has 0 unspecified atom stereocenters. The van der Waals surface area contributed by atoms with Crippen LogP contribution >= 0.6 is 0 Å². The number of carbonyl (C=O) groups is 4. The number of halogens is 12. The van der Waals surface area contributed by atoms with E-state index < -0.39 is 60.7 Å². The van der Waals surface area contributed by atoms with Gasteiger partial charge in [0.15, 0.2) is 13.3 Å². The van der Waals surface area contributed by atoms with Gasteiger partial charge in [0.25, 0.3) is 0 Å². The Morgan fingerprint density at radius 1 is 0.519 bits per heavy atom. The summed E-state index contributed by atoms with van der Waals surface area (Å²) >= 11 is 0. The Bertz CT molecular complexity index is 516. The van der Waals surface area contributed by atoms with Crippen LogP contribution in [0.5, 0.6) is 0 Å². The zero-order chi connectivity index (χ0) is 21.7. The summed E-state index contributed by atoms with van der Waals surface area (Å²) in [4.78, 5) is 39.4. The Balaban J connectivity index is -0.000000411. The van der Waals surface area contributed by atoms with Crippen molar-refractivity contribution < 1.29 is 88.9 Å². The molecule has 0 bridgehead atoms. The van der Waals surface area contributed by atoms with Gasteiger partial charge >= 0.3 is 35.8 Å². The number of alkyl halides is 12. The van der Waals surface area contributed by atoms with Gasteiger partial charge < -0.3 is 0 Å². The van der Waals surface area contributed by atoms with Gasteiger partial charge in [0.1, 0.15) is 0 Å². The number of ketones is 4. The fraction of sp³-hybridized carbons (Fsp3) is 0.600. The van der Waals surface area contributed by atoms with E-state index in [0.29, 0.717) is 0 Å². The summed E-state index contributed by atoms with van der Waals surface area (Å²) in [6.45, 7) is -4.65. The largest absolute Gasteiger partial charge is 0.456 e. The van der Waals surface area contributed by atoms with Gasteiger partial charge in [-0.15, -0.1) is 0 Å². The molecule has 0 aliphatic rings. The maximum absolute atomic E-state index is 12.0. The Hall–Kier alpha value is -1.64. The predicted molar refractivity (Wildman–Crippen MR) is 54.0 cm³/mol. The first kappa shape index (κ1) is 30.1. The van der Waals surface area contributed by atoms with E-state index in [4.69, 9.17) is 0 Å². The fourth-order valence-corrected chi connectivity index (χ4v) is 0.777. The van der Waals surface area contributed by atoms with Crippen molar-refractivity contribution in [1.29, 1.82) is 0 Å². The monoisotopic (exact) mass is 479 g/mol. The molecule has 0 aromatic carbocycles. The molecule has 0 aromatic heterocycles. The van der Waals surface area contributed by atoms with Crippen molar-refractivity contribution in [2.45, 2.75) is 24.2 Å². The van der Waals surface area contributed by atoms with Crippen LogP contribution in [0.1, 0.15) is 0 Å². The topological polar surface area (TPSA) is 68.3 Å². The smallest absolute Gasteiger partial charge is 0.289 e. The van der Waals surface area contributed by atoms with E-state index in [-0.39, 0.29) is 17.1 Å². The Morgan fingerprint density at radius 2 is 0.704 bits per heavy atom. The van der Waals surface area contributed by atoms with Crippen molar-refractivity contribution in [3.8, 4) is 0 Å². The van der Waals surface area contributed by atoms with Crippen molar-refractivity contribution in [3.63, 3.8) is 0 Å². The second-order valence-electron chi connectivity index (χ2n) is 3.92. The van der Waals surface area contributed by atoms with Crippen LogP contribution in [0, 0.1) is 0 Å². The minimum absolute atomic E-state index is 0. The van der Waals surface area contributed by atoms with Crippen molar-refractivity contribution in [3.05, 3.63) is 0 Å². The summed E-state index contributed by atoms with van der Waals surface area (Å²) in [5.74, 6) is -23.2. The minimum Gasteiger partial charge on any atom is -0.289 e. The van der Waals surface area contributed by atoms with Gasteiger partial charge in [-0.25, -0.2) is 8.78 Å². The van der Waals surface area contributed by atoms with E-state index in [0.717, 1.165) is 0 Å². The van der Waals surface area contributed by atoms with E-state index in [2.05, 4.69) is 0 Å². The molecule has 0 atom stereocenters. The normalized spacial score (nSPS) is 12.3. The first-order chi connectivity index (χ1) is 11.3. The number of rotatable bonds is 6. The zero-order valence-corrected chi connectivity index (χ0v) is 12.8. The molecule has 0 amide bonds. The summed E-state index contributed by atoms with van der Waals surface area (Å²) in [7, 11) is 0. The van der Waals surface area contributed by atoms with E-state index >= 15 is 0 Å². The molecule has 0 spiro atoms. The first-order valence-corrected chi connectivity index (χ1v) is 5.45. The van der Waals surface area contributed by atoms with E-state index in [9.17, 15) is 71.9 Å². The second-order valence-corrected chi connectivity index (χ2v) is 3.92. The molecular formula is C10H4CuF12O4. The van der Waals surface area contributed by atoms with E-state index in [1.165, 1.54) is 0 Å². The van der Waals surface area contributed by atoms with Crippen LogP contribution < -0.4 is 0 Å². The van der Waals surface area contributed by atoms with Crippen LogP contribution in [0.25, 0.3) is 0 Å². The van der Waals surface area contributed by atoms with Gasteiger partial charge in [0, 0.05) is 17.1 Å². The molecule has 0 rings (SSSR count). The van der Waals surface area contributed by atoms with Crippen LogP contribution in [0.3, 0.4) is 0 Å². The summed E-state index contributed by atoms with van der Waals surface area (Å²) in [6.07, 6.45) is -11.7. The quantitative estimate of drug-likeness (QED) is 0.334. The van der Waals surface area contributed by atoms with Crippen LogP contribution in [0.2, 0.25) is 0 Å². The molecule has 0 saturated carbocycles. The van der Waals surface area contributed by atoms with E-state index in [1.807, 2.05) is 0 Å². The average molecular weight is 480 g/mol. The number of Topliss-reactive ketones (excluding diaryl/α,β-unsaturated/α-hetero) is 4. The average Bonchev–Trinajstić information content (AvgIpc) is 2.50. The third-order valence-corrected chi connectivity index (χ3v) is 2.03. The standard InChI is InChI=1S/2C5H2F6O2.Cu/c2*6-1-2(12)4(7,8)3(13)5(9,10)11;/h2*1H2;. The summed E-state index contributed by atoms with van der Waals surface area (Å²) in [5.41, 5.74) is 0. The molecular weight excluding hydrogens is 476 g/mol. The summed E-state index contributed by atoms with van der Waals surface area (Å²) in [6, 6.07) is 0. The Labute approximate surface area is 150 Å². The number of hydrogen-bond acceptors (Lipinski definition) is 4. The predicted octanol–water partition coefficient (Wildman–Crippen LogP) is 2.58. The molecule has 0 aliphatic heterocycles. The molecule has 0 aromatic rings. The van der Waals surface area contributed by atoms with Crippen molar-refractivity contribution >= 4 is 23.1 Å². The summed E-state index contributed by atoms with van der Waals surface area (Å²) < 4.78 is 139. The molecule has 0 saturated heterocycles. The Kier molecular flexibility index (Phi) is 11.2. The van der Waals surface area contributed by atoms with Crippen LogP contribution in [-0.4, -0.2) is 60.7 Å². The van der Waals surface area contributed by atoms with E-state index in [1.54, 1.807) is 0 Å². The molecule has 1 radical (unpaired) electrons. The maximum atomic E-state index is 12.0. The van der Waals surface area contributed by atoms with Crippen molar-refractivity contribution in [2.75, 3.05) is 13.3 Å². The van der Waals surface area contributed by atoms with Gasteiger partial charge in [0.05, 0.1) is 0 Å². The van der Waals surface area contributed by atoms with Gasteiger partial charge in [-0.2, -0.15) is 43.9 Å². The van der Waals surface area contributed by atoms with Crippen LogP contribution in [-0.2, 0) is 36.2 Å². The molecule has 163 valence electrons. The third-order valence-electron chi connectivity index (χ3n) is 2.03. The van der Waals surface area contributed by atoms with Crippen molar-refractivity contribution in [2.24, 2.45) is 0 Å². The first-order valence-electron chi connectivity index (χ1n) is 5.45. The number of hydrogen-bond donors (Lipinski definition) is 0. The molecule has 0 fully saturated rings. The fourth-order valence-electron chi connectivity index (χ4n) is 0.777. The van der Waals surface area contributed by atoms with Gasteiger partial charge in [0.2, 0.25) is 11.6 Å². The SMILES string of the molecule is O=C(CF)C(F)(F)C(=O)C(F)(F)F.O=C(CF)C(F)(F)C(=O)C(F)(F)F.[Cu]. The second kappa shape index (κ2) is 10.1. The maximum Gasteiger partial charge on any atom is 0.456 e.